The molecule has 18 heavy (non-hydrogen) atoms. The molecule has 0 bridgehead atoms. The Morgan fingerprint density at radius 1 is 1.06 bits per heavy atom. The van der Waals surface area contributed by atoms with E-state index in [9.17, 15) is 0 Å². The second kappa shape index (κ2) is 5.92. The van der Waals surface area contributed by atoms with Crippen molar-refractivity contribution in [1.82, 2.24) is 9.97 Å². The Labute approximate surface area is 107 Å². The normalized spacial score (nSPS) is 10.0. The highest BCUT2D eigenvalue weighted by Gasteiger charge is 2.01. The predicted octanol–water partition coefficient (Wildman–Crippen LogP) is 3.30. The molecule has 0 aliphatic carbocycles. The molecule has 2 aromatic heterocycles. The van der Waals surface area contributed by atoms with E-state index in [1.54, 1.807) is 0 Å². The molecule has 0 atom stereocenters. The lowest BCUT2D eigenvalue weighted by molar-refractivity contribution is 0.846. The van der Waals surface area contributed by atoms with E-state index in [1.807, 2.05) is 37.5 Å². The molecule has 0 amide bonds. The van der Waals surface area contributed by atoms with Crippen LogP contribution >= 0.6 is 0 Å². The number of hydrogen-bond donors (Lipinski definition) is 0. The minimum atomic E-state index is 0.598. The number of unbranched alkanes of at least 4 members (excludes halogenated alkanes) is 1. The highest BCUT2D eigenvalue weighted by molar-refractivity contribution is 5.53. The van der Waals surface area contributed by atoms with Crippen LogP contribution in [-0.4, -0.2) is 9.97 Å². The summed E-state index contributed by atoms with van der Waals surface area (Å²) in [6.07, 6.45) is 6.11. The van der Waals surface area contributed by atoms with Gasteiger partial charge < -0.3 is 0 Å². The maximum absolute atomic E-state index is 8.49. The minimum Gasteiger partial charge on any atom is -0.254 e. The van der Waals surface area contributed by atoms with Crippen molar-refractivity contribution in [2.75, 3.05) is 0 Å². The molecule has 0 radical (unpaired) electrons. The van der Waals surface area contributed by atoms with Crippen LogP contribution in [0.2, 0.25) is 0 Å². The summed E-state index contributed by atoms with van der Waals surface area (Å²) in [4.78, 5) is 8.76. The average Bonchev–Trinajstić information content (AvgIpc) is 2.41. The van der Waals surface area contributed by atoms with E-state index in [4.69, 9.17) is 5.26 Å². The summed E-state index contributed by atoms with van der Waals surface area (Å²) in [5, 5.41) is 8.49. The van der Waals surface area contributed by atoms with Crippen molar-refractivity contribution in [3.8, 4) is 17.5 Å². The number of rotatable bonds is 4. The molecule has 0 aliphatic heterocycles. The van der Waals surface area contributed by atoms with Crippen molar-refractivity contribution < 1.29 is 0 Å². The fraction of sp³-hybridized carbons (Fsp3) is 0.267. The summed E-state index contributed by atoms with van der Waals surface area (Å²) in [6, 6.07) is 10.2. The molecule has 0 N–H and O–H groups in total. The maximum Gasteiger partial charge on any atom is 0.0886 e. The van der Waals surface area contributed by atoms with Gasteiger partial charge in [-0.3, -0.25) is 9.97 Å². The molecule has 3 heteroatoms. The summed E-state index contributed by atoms with van der Waals surface area (Å²) in [6.45, 7) is 2.02. The molecule has 3 nitrogen and oxygen atoms in total. The van der Waals surface area contributed by atoms with Gasteiger partial charge in [0.05, 0.1) is 17.5 Å². The molecule has 2 heterocycles. The van der Waals surface area contributed by atoms with Gasteiger partial charge in [0.15, 0.2) is 0 Å². The largest absolute Gasteiger partial charge is 0.254 e. The number of nitrogens with zero attached hydrogens (tertiary/aromatic N) is 3. The zero-order valence-electron chi connectivity index (χ0n) is 10.4. The Morgan fingerprint density at radius 2 is 1.78 bits per heavy atom. The molecule has 0 unspecified atom stereocenters. The lowest BCUT2D eigenvalue weighted by Gasteiger charge is -2.02. The third-order valence-electron chi connectivity index (χ3n) is 2.75. The molecular weight excluding hydrogens is 222 g/mol. The van der Waals surface area contributed by atoms with Crippen LogP contribution in [0.25, 0.3) is 11.4 Å². The first-order valence-corrected chi connectivity index (χ1v) is 6.04. The van der Waals surface area contributed by atoms with E-state index in [0.717, 1.165) is 29.8 Å². The second-order valence-electron chi connectivity index (χ2n) is 4.28. The Balaban J connectivity index is 2.08. The zero-order chi connectivity index (χ0) is 12.8. The molecule has 0 fully saturated rings. The van der Waals surface area contributed by atoms with E-state index < -0.39 is 0 Å². The van der Waals surface area contributed by atoms with Crippen LogP contribution in [0.1, 0.15) is 24.0 Å². The summed E-state index contributed by atoms with van der Waals surface area (Å²) < 4.78 is 0. The van der Waals surface area contributed by atoms with E-state index in [0.29, 0.717) is 6.42 Å². The smallest absolute Gasteiger partial charge is 0.0886 e. The predicted molar refractivity (Wildman–Crippen MR) is 70.8 cm³/mol. The fourth-order valence-electron chi connectivity index (χ4n) is 1.71. The van der Waals surface area contributed by atoms with E-state index in [1.165, 1.54) is 5.56 Å². The standard InChI is InChI=1S/C15H15N3/c1-12-5-7-14(17-10-12)15-8-6-13(11-18-15)4-2-3-9-16/h5-8,10-11H,2-4H2,1H3. The summed E-state index contributed by atoms with van der Waals surface area (Å²) >= 11 is 0. The van der Waals surface area contributed by atoms with Gasteiger partial charge in [-0.2, -0.15) is 5.26 Å². The van der Waals surface area contributed by atoms with Crippen molar-refractivity contribution in [1.29, 1.82) is 5.26 Å². The van der Waals surface area contributed by atoms with Gasteiger partial charge in [0.1, 0.15) is 0 Å². The monoisotopic (exact) mass is 237 g/mol. The molecule has 0 aromatic carbocycles. The second-order valence-corrected chi connectivity index (χ2v) is 4.28. The van der Waals surface area contributed by atoms with E-state index >= 15 is 0 Å². The molecule has 0 saturated heterocycles. The van der Waals surface area contributed by atoms with Crippen LogP contribution in [0.3, 0.4) is 0 Å². The molecule has 0 aliphatic rings. The third kappa shape index (κ3) is 3.14. The van der Waals surface area contributed by atoms with Gasteiger partial charge in [0.25, 0.3) is 0 Å². The SMILES string of the molecule is Cc1ccc(-c2ccc(CCCC#N)cn2)nc1. The van der Waals surface area contributed by atoms with Gasteiger partial charge in [0, 0.05) is 18.8 Å². The first-order chi connectivity index (χ1) is 8.79. The van der Waals surface area contributed by atoms with E-state index in [-0.39, 0.29) is 0 Å². The molecule has 90 valence electrons. The number of pyridine rings is 2. The van der Waals surface area contributed by atoms with Gasteiger partial charge in [0.2, 0.25) is 0 Å². The van der Waals surface area contributed by atoms with Crippen LogP contribution < -0.4 is 0 Å². The maximum atomic E-state index is 8.49. The third-order valence-corrected chi connectivity index (χ3v) is 2.75. The first kappa shape index (κ1) is 12.3. The summed E-state index contributed by atoms with van der Waals surface area (Å²) in [5.41, 5.74) is 4.09. The van der Waals surface area contributed by atoms with Crippen LogP contribution in [-0.2, 0) is 6.42 Å². The average molecular weight is 237 g/mol. The minimum absolute atomic E-state index is 0.598. The van der Waals surface area contributed by atoms with E-state index in [2.05, 4.69) is 22.1 Å². The highest BCUT2D eigenvalue weighted by Crippen LogP contribution is 2.15. The Morgan fingerprint density at radius 3 is 2.33 bits per heavy atom. The first-order valence-electron chi connectivity index (χ1n) is 6.04. The summed E-state index contributed by atoms with van der Waals surface area (Å²) in [7, 11) is 0. The van der Waals surface area contributed by atoms with Gasteiger partial charge in [-0.05, 0) is 43.0 Å². The molecular formula is C15H15N3. The quantitative estimate of drug-likeness (QED) is 0.766. The fourth-order valence-corrected chi connectivity index (χ4v) is 1.71. The highest BCUT2D eigenvalue weighted by atomic mass is 14.8. The van der Waals surface area contributed by atoms with Crippen LogP contribution in [0.5, 0.6) is 0 Å². The number of hydrogen-bond acceptors (Lipinski definition) is 3. The van der Waals surface area contributed by atoms with Crippen LogP contribution in [0.4, 0.5) is 0 Å². The van der Waals surface area contributed by atoms with Crippen molar-refractivity contribution in [3.05, 3.63) is 47.8 Å². The van der Waals surface area contributed by atoms with Crippen molar-refractivity contribution >= 4 is 0 Å². The van der Waals surface area contributed by atoms with Gasteiger partial charge in [-0.15, -0.1) is 0 Å². The molecule has 2 aromatic rings. The van der Waals surface area contributed by atoms with Crippen LogP contribution in [0.15, 0.2) is 36.7 Å². The number of aromatic nitrogens is 2. The Hall–Kier alpha value is -2.21. The lowest BCUT2D eigenvalue weighted by Crippen LogP contribution is -1.91. The van der Waals surface area contributed by atoms with Crippen LogP contribution in [0, 0.1) is 18.3 Å². The molecule has 2 rings (SSSR count). The van der Waals surface area contributed by atoms with Gasteiger partial charge >= 0.3 is 0 Å². The van der Waals surface area contributed by atoms with Crippen molar-refractivity contribution in [3.63, 3.8) is 0 Å². The van der Waals surface area contributed by atoms with Crippen molar-refractivity contribution in [2.45, 2.75) is 26.2 Å². The van der Waals surface area contributed by atoms with Crippen molar-refractivity contribution in [2.24, 2.45) is 0 Å². The lowest BCUT2D eigenvalue weighted by atomic mass is 10.1. The topological polar surface area (TPSA) is 49.6 Å². The Kier molecular flexibility index (Phi) is 4.03. The van der Waals surface area contributed by atoms with Gasteiger partial charge in [-0.25, -0.2) is 0 Å². The number of nitriles is 1. The summed E-state index contributed by atoms with van der Waals surface area (Å²) in [5.74, 6) is 0. The molecule has 0 spiro atoms. The molecule has 0 saturated carbocycles. The van der Waals surface area contributed by atoms with Gasteiger partial charge in [-0.1, -0.05) is 12.1 Å². The number of aryl methyl sites for hydroxylation is 2. The zero-order valence-corrected chi connectivity index (χ0v) is 10.4. The Bertz CT molecular complexity index is 535.